The van der Waals surface area contributed by atoms with Gasteiger partial charge in [-0.3, -0.25) is 14.4 Å². The van der Waals surface area contributed by atoms with E-state index in [2.05, 4.69) is 41.2 Å². The van der Waals surface area contributed by atoms with Crippen LogP contribution in [0.3, 0.4) is 0 Å². The molecule has 2 aromatic rings. The number of aryl methyl sites for hydroxylation is 3. The van der Waals surface area contributed by atoms with Crippen LogP contribution < -0.4 is 0 Å². The third kappa shape index (κ3) is 3.93. The molecule has 0 atom stereocenters. The summed E-state index contributed by atoms with van der Waals surface area (Å²) in [6.07, 6.45) is 0.462. The number of hydrogen-bond donors (Lipinski definition) is 0. The molecule has 3 rings (SSSR count). The van der Waals surface area contributed by atoms with Gasteiger partial charge in [-0.05, 0) is 31.9 Å². The summed E-state index contributed by atoms with van der Waals surface area (Å²) >= 11 is 0. The monoisotopic (exact) mass is 340 g/mol. The second-order valence-electron chi connectivity index (χ2n) is 7.03. The molecule has 2 heterocycles. The molecule has 1 aliphatic heterocycles. The smallest absolute Gasteiger partial charge is 0.227 e. The van der Waals surface area contributed by atoms with Crippen molar-refractivity contribution in [3.63, 3.8) is 0 Å². The maximum absolute atomic E-state index is 12.7. The fourth-order valence-corrected chi connectivity index (χ4v) is 3.52. The lowest BCUT2D eigenvalue weighted by Crippen LogP contribution is -2.48. The molecule has 0 unspecified atom stereocenters. The minimum atomic E-state index is 0.217. The zero-order chi connectivity index (χ0) is 18.0. The summed E-state index contributed by atoms with van der Waals surface area (Å²) in [5.41, 5.74) is 5.85. The molecule has 1 aliphatic rings. The Morgan fingerprint density at radius 1 is 1.08 bits per heavy atom. The Morgan fingerprint density at radius 2 is 1.76 bits per heavy atom. The Bertz CT molecular complexity index is 757. The molecular formula is C20H28N4O. The third-order valence-corrected chi connectivity index (χ3v) is 5.37. The normalized spacial score (nSPS) is 15.6. The molecule has 0 N–H and O–H groups in total. The second kappa shape index (κ2) is 7.40. The van der Waals surface area contributed by atoms with Crippen LogP contribution in [0.1, 0.15) is 28.1 Å². The van der Waals surface area contributed by atoms with Crippen molar-refractivity contribution < 1.29 is 4.79 Å². The van der Waals surface area contributed by atoms with Crippen LogP contribution in [0.5, 0.6) is 0 Å². The highest BCUT2D eigenvalue weighted by Crippen LogP contribution is 2.16. The van der Waals surface area contributed by atoms with Crippen molar-refractivity contribution in [3.05, 3.63) is 52.3 Å². The van der Waals surface area contributed by atoms with Gasteiger partial charge in [0.2, 0.25) is 5.91 Å². The summed E-state index contributed by atoms with van der Waals surface area (Å²) in [5, 5.41) is 4.41. The molecule has 1 saturated heterocycles. The van der Waals surface area contributed by atoms with Crippen LogP contribution in [0.25, 0.3) is 0 Å². The number of amides is 1. The lowest BCUT2D eigenvalue weighted by molar-refractivity contribution is -0.132. The van der Waals surface area contributed by atoms with E-state index in [9.17, 15) is 4.79 Å². The van der Waals surface area contributed by atoms with Crippen LogP contribution >= 0.6 is 0 Å². The Kier molecular flexibility index (Phi) is 5.23. The first-order valence-corrected chi connectivity index (χ1v) is 8.99. The van der Waals surface area contributed by atoms with E-state index < -0.39 is 0 Å². The van der Waals surface area contributed by atoms with Gasteiger partial charge in [0, 0.05) is 51.0 Å². The quantitative estimate of drug-likeness (QED) is 0.857. The van der Waals surface area contributed by atoms with Gasteiger partial charge in [-0.1, -0.05) is 24.3 Å². The standard InChI is InChI=1S/C20H28N4O/c1-15-7-5-6-8-18(15)14-23-9-11-24(12-10-23)20(25)13-19-16(2)21-22(4)17(19)3/h5-8H,9-14H2,1-4H3. The topological polar surface area (TPSA) is 41.4 Å². The summed E-state index contributed by atoms with van der Waals surface area (Å²) < 4.78 is 1.86. The average molecular weight is 340 g/mol. The maximum atomic E-state index is 12.7. The maximum Gasteiger partial charge on any atom is 0.227 e. The van der Waals surface area contributed by atoms with Gasteiger partial charge in [0.25, 0.3) is 0 Å². The van der Waals surface area contributed by atoms with E-state index in [4.69, 9.17) is 0 Å². The molecule has 0 spiro atoms. The number of benzene rings is 1. The first-order chi connectivity index (χ1) is 12.0. The molecule has 0 bridgehead atoms. The van der Waals surface area contributed by atoms with Crippen molar-refractivity contribution >= 4 is 5.91 Å². The fraction of sp³-hybridized carbons (Fsp3) is 0.500. The molecule has 134 valence electrons. The van der Waals surface area contributed by atoms with Gasteiger partial charge in [-0.2, -0.15) is 5.10 Å². The van der Waals surface area contributed by atoms with Gasteiger partial charge in [-0.25, -0.2) is 0 Å². The van der Waals surface area contributed by atoms with Gasteiger partial charge in [0.15, 0.2) is 0 Å². The van der Waals surface area contributed by atoms with Crippen LogP contribution in [-0.4, -0.2) is 51.7 Å². The molecule has 0 radical (unpaired) electrons. The number of nitrogens with zero attached hydrogens (tertiary/aromatic N) is 4. The predicted octanol–water partition coefficient (Wildman–Crippen LogP) is 2.23. The van der Waals surface area contributed by atoms with Crippen molar-refractivity contribution in [3.8, 4) is 0 Å². The zero-order valence-electron chi connectivity index (χ0n) is 15.7. The number of carbonyl (C=O) groups excluding carboxylic acids is 1. The fourth-order valence-electron chi connectivity index (χ4n) is 3.52. The van der Waals surface area contributed by atoms with Gasteiger partial charge in [0.1, 0.15) is 0 Å². The molecule has 1 aromatic heterocycles. The van der Waals surface area contributed by atoms with Gasteiger partial charge < -0.3 is 4.90 Å². The summed E-state index contributed by atoms with van der Waals surface area (Å²) in [6.45, 7) is 10.6. The summed E-state index contributed by atoms with van der Waals surface area (Å²) in [6, 6.07) is 8.53. The zero-order valence-corrected chi connectivity index (χ0v) is 15.7. The van der Waals surface area contributed by atoms with E-state index in [1.807, 2.05) is 30.5 Å². The minimum Gasteiger partial charge on any atom is -0.340 e. The number of rotatable bonds is 4. The van der Waals surface area contributed by atoms with E-state index in [0.717, 1.165) is 49.7 Å². The van der Waals surface area contributed by atoms with Crippen LogP contribution in [-0.2, 0) is 24.8 Å². The largest absolute Gasteiger partial charge is 0.340 e. The second-order valence-corrected chi connectivity index (χ2v) is 7.03. The van der Waals surface area contributed by atoms with Crippen molar-refractivity contribution in [2.24, 2.45) is 7.05 Å². The predicted molar refractivity (Wildman–Crippen MR) is 99.4 cm³/mol. The molecule has 1 aromatic carbocycles. The Morgan fingerprint density at radius 3 is 2.36 bits per heavy atom. The SMILES string of the molecule is Cc1ccccc1CN1CCN(C(=O)Cc2c(C)nn(C)c2C)CC1. The Labute approximate surface area is 150 Å². The van der Waals surface area contributed by atoms with Gasteiger partial charge >= 0.3 is 0 Å². The number of aromatic nitrogens is 2. The van der Waals surface area contributed by atoms with Gasteiger partial charge in [-0.15, -0.1) is 0 Å². The van der Waals surface area contributed by atoms with Crippen molar-refractivity contribution in [2.75, 3.05) is 26.2 Å². The third-order valence-electron chi connectivity index (χ3n) is 5.37. The summed E-state index contributed by atoms with van der Waals surface area (Å²) in [5.74, 6) is 0.217. The lowest BCUT2D eigenvalue weighted by atomic mass is 10.1. The van der Waals surface area contributed by atoms with Crippen LogP contribution in [0.15, 0.2) is 24.3 Å². The first-order valence-electron chi connectivity index (χ1n) is 8.99. The minimum absolute atomic E-state index is 0.217. The number of hydrogen-bond acceptors (Lipinski definition) is 3. The average Bonchev–Trinajstić information content (AvgIpc) is 2.84. The highest BCUT2D eigenvalue weighted by atomic mass is 16.2. The molecule has 1 amide bonds. The van der Waals surface area contributed by atoms with Crippen LogP contribution in [0, 0.1) is 20.8 Å². The molecule has 0 aliphatic carbocycles. The highest BCUT2D eigenvalue weighted by Gasteiger charge is 2.23. The summed E-state index contributed by atoms with van der Waals surface area (Å²) in [7, 11) is 1.93. The Balaban J connectivity index is 1.55. The van der Waals surface area contributed by atoms with E-state index in [1.54, 1.807) is 0 Å². The summed E-state index contributed by atoms with van der Waals surface area (Å²) in [4.78, 5) is 17.1. The van der Waals surface area contributed by atoms with Crippen LogP contribution in [0.4, 0.5) is 0 Å². The van der Waals surface area contributed by atoms with E-state index in [-0.39, 0.29) is 5.91 Å². The van der Waals surface area contributed by atoms with Gasteiger partial charge in [0.05, 0.1) is 12.1 Å². The molecule has 5 heteroatoms. The van der Waals surface area contributed by atoms with Crippen molar-refractivity contribution in [2.45, 2.75) is 33.7 Å². The highest BCUT2D eigenvalue weighted by molar-refractivity contribution is 5.79. The van der Waals surface area contributed by atoms with E-state index >= 15 is 0 Å². The molecular weight excluding hydrogens is 312 g/mol. The van der Waals surface area contributed by atoms with E-state index in [1.165, 1.54) is 11.1 Å². The molecule has 25 heavy (non-hydrogen) atoms. The lowest BCUT2D eigenvalue weighted by Gasteiger charge is -2.35. The van der Waals surface area contributed by atoms with Crippen molar-refractivity contribution in [1.29, 1.82) is 0 Å². The van der Waals surface area contributed by atoms with E-state index in [0.29, 0.717) is 6.42 Å². The first kappa shape index (κ1) is 17.7. The Hall–Kier alpha value is -2.14. The number of carbonyl (C=O) groups is 1. The molecule has 0 saturated carbocycles. The molecule has 1 fully saturated rings. The molecule has 5 nitrogen and oxygen atoms in total. The van der Waals surface area contributed by atoms with Crippen molar-refractivity contribution in [1.82, 2.24) is 19.6 Å². The number of piperazine rings is 1. The van der Waals surface area contributed by atoms with Crippen LogP contribution in [0.2, 0.25) is 0 Å².